The normalized spacial score (nSPS) is 12.2. The number of anilines is 1. The zero-order chi connectivity index (χ0) is 26.3. The molecule has 2 rings (SSSR count). The molecule has 0 spiro atoms. The van der Waals surface area contributed by atoms with Gasteiger partial charge >= 0.3 is 0 Å². The van der Waals surface area contributed by atoms with Crippen LogP contribution in [-0.2, 0) is 26.2 Å². The first kappa shape index (κ1) is 29.2. The average molecular weight is 563 g/mol. The third-order valence-corrected chi connectivity index (χ3v) is 7.70. The molecule has 0 aliphatic carbocycles. The maximum atomic E-state index is 13.7. The summed E-state index contributed by atoms with van der Waals surface area (Å²) < 4.78 is 26.3. The minimum absolute atomic E-state index is 0.0678. The van der Waals surface area contributed by atoms with Crippen molar-refractivity contribution in [3.05, 3.63) is 62.6 Å². The van der Waals surface area contributed by atoms with Gasteiger partial charge in [-0.05, 0) is 49.6 Å². The molecule has 35 heavy (non-hydrogen) atoms. The molecule has 2 aromatic carbocycles. The van der Waals surface area contributed by atoms with Gasteiger partial charge in [0.2, 0.25) is 21.8 Å². The molecule has 1 N–H and O–H groups in total. The van der Waals surface area contributed by atoms with E-state index in [0.717, 1.165) is 22.5 Å². The highest BCUT2D eigenvalue weighted by molar-refractivity contribution is 7.92. The summed E-state index contributed by atoms with van der Waals surface area (Å²) in [5, 5.41) is 3.86. The molecule has 0 aromatic heterocycles. The fraction of sp³-hybridized carbons (Fsp3) is 0.417. The van der Waals surface area contributed by atoms with Gasteiger partial charge in [-0.15, -0.1) is 0 Å². The van der Waals surface area contributed by atoms with Crippen LogP contribution in [0.15, 0.2) is 36.4 Å². The molecule has 2 amide bonds. The van der Waals surface area contributed by atoms with Crippen LogP contribution in [0.4, 0.5) is 5.69 Å². The molecular weight excluding hydrogens is 533 g/mol. The van der Waals surface area contributed by atoms with Gasteiger partial charge in [-0.25, -0.2) is 8.42 Å². The quantitative estimate of drug-likeness (QED) is 0.415. The Morgan fingerprint density at radius 3 is 2.17 bits per heavy atom. The Morgan fingerprint density at radius 1 is 1.03 bits per heavy atom. The summed E-state index contributed by atoms with van der Waals surface area (Å²) in [7, 11) is -3.86. The monoisotopic (exact) mass is 561 g/mol. The number of halogens is 3. The number of nitrogens with zero attached hydrogens (tertiary/aromatic N) is 2. The number of amides is 2. The van der Waals surface area contributed by atoms with Gasteiger partial charge in [0, 0.05) is 33.7 Å². The Morgan fingerprint density at radius 2 is 1.66 bits per heavy atom. The first-order chi connectivity index (χ1) is 16.4. The van der Waals surface area contributed by atoms with Crippen molar-refractivity contribution < 1.29 is 18.0 Å². The molecule has 11 heteroatoms. The Kier molecular flexibility index (Phi) is 10.7. The summed E-state index contributed by atoms with van der Waals surface area (Å²) in [4.78, 5) is 27.9. The molecule has 0 bridgehead atoms. The molecule has 1 atom stereocenters. The Hall–Kier alpha value is -2.00. The van der Waals surface area contributed by atoms with Gasteiger partial charge in [-0.3, -0.25) is 13.9 Å². The number of carbonyl (C=O) groups excluding carboxylic acids is 2. The van der Waals surface area contributed by atoms with Gasteiger partial charge in [0.1, 0.15) is 12.6 Å². The Labute approximate surface area is 222 Å². The molecular formula is C24H30Cl3N3O4S. The molecule has 0 unspecified atom stereocenters. The highest BCUT2D eigenvalue weighted by Crippen LogP contribution is 2.28. The lowest BCUT2D eigenvalue weighted by Crippen LogP contribution is -2.52. The standard InChI is InChI=1S/C24H30Cl3N3O4S/c1-5-12-28-24(32)22(6-2)29(14-18-19(25)8-7-9-20(18)26)23(31)15-30(35(4,33)34)17-11-10-16(3)21(27)13-17/h7-11,13,22H,5-6,12,14-15H2,1-4H3,(H,28,32)/t22-/m0/s1. The zero-order valence-corrected chi connectivity index (χ0v) is 23.2. The number of rotatable bonds is 11. The van der Waals surface area contributed by atoms with Crippen molar-refractivity contribution >= 4 is 62.3 Å². The third kappa shape index (κ3) is 7.74. The molecule has 0 aliphatic heterocycles. The Bertz CT molecular complexity index is 1150. The van der Waals surface area contributed by atoms with Crippen LogP contribution in [-0.4, -0.2) is 50.5 Å². The predicted molar refractivity (Wildman–Crippen MR) is 143 cm³/mol. The van der Waals surface area contributed by atoms with E-state index in [2.05, 4.69) is 5.32 Å². The summed E-state index contributed by atoms with van der Waals surface area (Å²) in [6.45, 7) is 5.34. The SMILES string of the molecule is CCCNC(=O)[C@H](CC)N(Cc1c(Cl)cccc1Cl)C(=O)CN(c1ccc(C)c(Cl)c1)S(C)(=O)=O. The van der Waals surface area contributed by atoms with Gasteiger partial charge < -0.3 is 10.2 Å². The largest absolute Gasteiger partial charge is 0.354 e. The van der Waals surface area contributed by atoms with Crippen molar-refractivity contribution in [1.29, 1.82) is 0 Å². The first-order valence-electron chi connectivity index (χ1n) is 11.1. The molecule has 0 heterocycles. The number of carbonyl (C=O) groups is 2. The lowest BCUT2D eigenvalue weighted by molar-refractivity contribution is -0.140. The molecule has 0 aliphatic rings. The van der Waals surface area contributed by atoms with E-state index in [4.69, 9.17) is 34.8 Å². The molecule has 0 radical (unpaired) electrons. The number of hydrogen-bond acceptors (Lipinski definition) is 4. The molecule has 7 nitrogen and oxygen atoms in total. The number of hydrogen-bond donors (Lipinski definition) is 1. The van der Waals surface area contributed by atoms with E-state index < -0.39 is 28.5 Å². The molecule has 2 aromatic rings. The van der Waals surface area contributed by atoms with Crippen LogP contribution in [0, 0.1) is 6.92 Å². The second kappa shape index (κ2) is 12.8. The third-order valence-electron chi connectivity index (χ3n) is 5.45. The first-order valence-corrected chi connectivity index (χ1v) is 14.1. The second-order valence-electron chi connectivity index (χ2n) is 8.14. The van der Waals surface area contributed by atoms with E-state index >= 15 is 0 Å². The fourth-order valence-corrected chi connectivity index (χ4v) is 5.02. The van der Waals surface area contributed by atoms with E-state index in [1.165, 1.54) is 11.0 Å². The summed E-state index contributed by atoms with van der Waals surface area (Å²) >= 11 is 18.9. The molecule has 0 saturated carbocycles. The van der Waals surface area contributed by atoms with Gasteiger partial charge in [0.25, 0.3) is 0 Å². The average Bonchev–Trinajstić information content (AvgIpc) is 2.78. The van der Waals surface area contributed by atoms with Crippen LogP contribution < -0.4 is 9.62 Å². The topological polar surface area (TPSA) is 86.8 Å². The van der Waals surface area contributed by atoms with Crippen LogP contribution in [0.2, 0.25) is 15.1 Å². The van der Waals surface area contributed by atoms with Crippen LogP contribution in [0.1, 0.15) is 37.8 Å². The van der Waals surface area contributed by atoms with E-state index in [9.17, 15) is 18.0 Å². The van der Waals surface area contributed by atoms with Gasteiger partial charge in [0.15, 0.2) is 0 Å². The van der Waals surface area contributed by atoms with Crippen molar-refractivity contribution in [3.8, 4) is 0 Å². The maximum absolute atomic E-state index is 13.7. The molecule has 0 saturated heterocycles. The second-order valence-corrected chi connectivity index (χ2v) is 11.3. The van der Waals surface area contributed by atoms with Gasteiger partial charge in [0.05, 0.1) is 11.9 Å². The Balaban J connectivity index is 2.50. The van der Waals surface area contributed by atoms with Crippen molar-refractivity contribution in [2.45, 2.75) is 46.2 Å². The molecule has 192 valence electrons. The highest BCUT2D eigenvalue weighted by atomic mass is 35.5. The van der Waals surface area contributed by atoms with Gasteiger partial charge in [-0.1, -0.05) is 60.8 Å². The summed E-state index contributed by atoms with van der Waals surface area (Å²) in [5.41, 5.74) is 1.48. The van der Waals surface area contributed by atoms with Crippen LogP contribution in [0.3, 0.4) is 0 Å². The van der Waals surface area contributed by atoms with Crippen molar-refractivity contribution in [3.63, 3.8) is 0 Å². The molecule has 0 fully saturated rings. The smallest absolute Gasteiger partial charge is 0.244 e. The number of aryl methyl sites for hydroxylation is 1. The van der Waals surface area contributed by atoms with Gasteiger partial charge in [-0.2, -0.15) is 0 Å². The van der Waals surface area contributed by atoms with E-state index in [1.54, 1.807) is 44.2 Å². The predicted octanol–water partition coefficient (Wildman–Crippen LogP) is 5.05. The number of nitrogens with one attached hydrogen (secondary N) is 1. The lowest BCUT2D eigenvalue weighted by Gasteiger charge is -2.33. The van der Waals surface area contributed by atoms with Crippen molar-refractivity contribution in [2.75, 3.05) is 23.7 Å². The van der Waals surface area contributed by atoms with E-state index in [-0.39, 0.29) is 18.1 Å². The van der Waals surface area contributed by atoms with Crippen molar-refractivity contribution in [2.24, 2.45) is 0 Å². The summed E-state index contributed by atoms with van der Waals surface area (Å²) in [6, 6.07) is 8.85. The number of benzene rings is 2. The highest BCUT2D eigenvalue weighted by Gasteiger charge is 2.32. The minimum atomic E-state index is -3.86. The number of sulfonamides is 1. The lowest BCUT2D eigenvalue weighted by atomic mass is 10.1. The van der Waals surface area contributed by atoms with Crippen molar-refractivity contribution in [1.82, 2.24) is 10.2 Å². The van der Waals surface area contributed by atoms with E-state index in [1.807, 2.05) is 6.92 Å². The van der Waals surface area contributed by atoms with Crippen LogP contribution >= 0.6 is 34.8 Å². The fourth-order valence-electron chi connectivity index (χ4n) is 3.49. The maximum Gasteiger partial charge on any atom is 0.244 e. The minimum Gasteiger partial charge on any atom is -0.354 e. The van der Waals surface area contributed by atoms with E-state index in [0.29, 0.717) is 33.6 Å². The van der Waals surface area contributed by atoms with Crippen LogP contribution in [0.25, 0.3) is 0 Å². The zero-order valence-electron chi connectivity index (χ0n) is 20.1. The summed E-state index contributed by atoms with van der Waals surface area (Å²) in [5.74, 6) is -0.920. The summed E-state index contributed by atoms with van der Waals surface area (Å²) in [6.07, 6.45) is 2.04. The van der Waals surface area contributed by atoms with Crippen LogP contribution in [0.5, 0.6) is 0 Å².